The summed E-state index contributed by atoms with van der Waals surface area (Å²) in [5, 5.41) is 1.93. The molecule has 0 spiro atoms. The molecule has 2 aromatic carbocycles. The Hall–Kier alpha value is -3.49. The van der Waals surface area contributed by atoms with E-state index in [2.05, 4.69) is 0 Å². The standard InChI is InChI=1S/C18H10F4N2O3/c19-12-4-6-13(7-5-12)24-16(26)14(15(25)23-17(24)27)9-10-2-1-3-11(8-10)18(20,21)22/h1-9H,(H,23,25,27)/b14-9+. The van der Waals surface area contributed by atoms with Crippen LogP contribution in [0, 0.1) is 5.82 Å². The third-order valence-corrected chi connectivity index (χ3v) is 3.71. The average molecular weight is 378 g/mol. The molecule has 2 aromatic rings. The van der Waals surface area contributed by atoms with Gasteiger partial charge < -0.3 is 0 Å². The van der Waals surface area contributed by atoms with Gasteiger partial charge in [0.25, 0.3) is 11.8 Å². The minimum atomic E-state index is -4.59. The first-order valence-electron chi connectivity index (χ1n) is 7.51. The maximum atomic E-state index is 13.0. The number of hydrogen-bond donors (Lipinski definition) is 1. The second-order valence-corrected chi connectivity index (χ2v) is 5.56. The molecule has 9 heteroatoms. The SMILES string of the molecule is O=C1NC(=O)N(c2ccc(F)cc2)C(=O)/C1=C/c1cccc(C(F)(F)F)c1. The van der Waals surface area contributed by atoms with Gasteiger partial charge in [0.2, 0.25) is 0 Å². The van der Waals surface area contributed by atoms with Crippen molar-refractivity contribution in [1.29, 1.82) is 0 Å². The van der Waals surface area contributed by atoms with E-state index in [1.807, 2.05) is 5.32 Å². The minimum Gasteiger partial charge on any atom is -0.273 e. The number of barbiturate groups is 1. The van der Waals surface area contributed by atoms with Crippen molar-refractivity contribution in [2.75, 3.05) is 4.90 Å². The quantitative estimate of drug-likeness (QED) is 0.494. The lowest BCUT2D eigenvalue weighted by atomic mass is 10.0. The van der Waals surface area contributed by atoms with Gasteiger partial charge in [-0.15, -0.1) is 0 Å². The van der Waals surface area contributed by atoms with E-state index >= 15 is 0 Å². The molecule has 0 unspecified atom stereocenters. The van der Waals surface area contributed by atoms with Crippen LogP contribution in [-0.4, -0.2) is 17.8 Å². The fourth-order valence-electron chi connectivity index (χ4n) is 2.45. The van der Waals surface area contributed by atoms with E-state index in [9.17, 15) is 31.9 Å². The molecule has 1 heterocycles. The lowest BCUT2D eigenvalue weighted by Crippen LogP contribution is -2.54. The van der Waals surface area contributed by atoms with E-state index in [-0.39, 0.29) is 11.3 Å². The highest BCUT2D eigenvalue weighted by Gasteiger charge is 2.37. The molecule has 0 bridgehead atoms. The monoisotopic (exact) mass is 378 g/mol. The van der Waals surface area contributed by atoms with E-state index in [1.54, 1.807) is 0 Å². The molecule has 0 aromatic heterocycles. The molecule has 0 saturated carbocycles. The lowest BCUT2D eigenvalue weighted by molar-refractivity contribution is -0.137. The van der Waals surface area contributed by atoms with Crippen LogP contribution in [0.2, 0.25) is 0 Å². The number of nitrogens with zero attached hydrogens (tertiary/aromatic N) is 1. The Morgan fingerprint density at radius 1 is 0.963 bits per heavy atom. The van der Waals surface area contributed by atoms with E-state index < -0.39 is 41.0 Å². The Balaban J connectivity index is 2.01. The third kappa shape index (κ3) is 3.71. The topological polar surface area (TPSA) is 66.5 Å². The van der Waals surface area contributed by atoms with Gasteiger partial charge in [0.1, 0.15) is 11.4 Å². The number of hydrogen-bond acceptors (Lipinski definition) is 3. The molecule has 3 rings (SSSR count). The van der Waals surface area contributed by atoms with Crippen LogP contribution >= 0.6 is 0 Å². The summed E-state index contributed by atoms with van der Waals surface area (Å²) < 4.78 is 51.5. The van der Waals surface area contributed by atoms with Gasteiger partial charge in [0.15, 0.2) is 0 Å². The molecule has 1 fully saturated rings. The van der Waals surface area contributed by atoms with Gasteiger partial charge in [-0.05, 0) is 48.0 Å². The summed E-state index contributed by atoms with van der Waals surface area (Å²) in [6.45, 7) is 0. The van der Waals surface area contributed by atoms with Crippen molar-refractivity contribution in [3.05, 3.63) is 71.0 Å². The highest BCUT2D eigenvalue weighted by atomic mass is 19.4. The zero-order valence-corrected chi connectivity index (χ0v) is 13.4. The predicted molar refractivity (Wildman–Crippen MR) is 86.8 cm³/mol. The zero-order chi connectivity index (χ0) is 19.8. The summed E-state index contributed by atoms with van der Waals surface area (Å²) in [5.41, 5.74) is -1.52. The summed E-state index contributed by atoms with van der Waals surface area (Å²) in [7, 11) is 0. The number of anilines is 1. The van der Waals surface area contributed by atoms with Gasteiger partial charge >= 0.3 is 12.2 Å². The van der Waals surface area contributed by atoms with Crippen molar-refractivity contribution in [3.8, 4) is 0 Å². The highest BCUT2D eigenvalue weighted by Crippen LogP contribution is 2.30. The van der Waals surface area contributed by atoms with Crippen molar-refractivity contribution < 1.29 is 31.9 Å². The first kappa shape index (κ1) is 18.3. The number of amides is 4. The van der Waals surface area contributed by atoms with Crippen LogP contribution in [0.25, 0.3) is 6.08 Å². The number of urea groups is 1. The third-order valence-electron chi connectivity index (χ3n) is 3.71. The van der Waals surface area contributed by atoms with Crippen molar-refractivity contribution in [1.82, 2.24) is 5.32 Å². The Bertz CT molecular complexity index is 965. The molecule has 138 valence electrons. The molecule has 4 amide bonds. The number of alkyl halides is 3. The molecule has 0 aliphatic carbocycles. The van der Waals surface area contributed by atoms with Crippen LogP contribution in [-0.2, 0) is 15.8 Å². The summed E-state index contributed by atoms with van der Waals surface area (Å²) in [5.74, 6) is -2.67. The zero-order valence-electron chi connectivity index (χ0n) is 13.4. The molecule has 0 radical (unpaired) electrons. The average Bonchev–Trinajstić information content (AvgIpc) is 2.60. The highest BCUT2D eigenvalue weighted by molar-refractivity contribution is 6.39. The maximum absolute atomic E-state index is 13.0. The molecule has 1 aliphatic heterocycles. The number of benzene rings is 2. The second kappa shape index (κ2) is 6.67. The van der Waals surface area contributed by atoms with Crippen LogP contribution in [0.4, 0.5) is 28.0 Å². The number of halogens is 4. The predicted octanol–water partition coefficient (Wildman–Crippen LogP) is 3.51. The van der Waals surface area contributed by atoms with Crippen molar-refractivity contribution in [2.24, 2.45) is 0 Å². The van der Waals surface area contributed by atoms with Gasteiger partial charge in [-0.1, -0.05) is 12.1 Å². The fraction of sp³-hybridized carbons (Fsp3) is 0.0556. The Morgan fingerprint density at radius 2 is 1.63 bits per heavy atom. The van der Waals surface area contributed by atoms with Crippen LogP contribution in [0.1, 0.15) is 11.1 Å². The first-order chi connectivity index (χ1) is 12.7. The van der Waals surface area contributed by atoms with Gasteiger partial charge in [0, 0.05) is 0 Å². The van der Waals surface area contributed by atoms with E-state index in [0.717, 1.165) is 48.5 Å². The summed E-state index contributed by atoms with van der Waals surface area (Å²) >= 11 is 0. The molecular formula is C18H10F4N2O3. The van der Waals surface area contributed by atoms with Crippen molar-refractivity contribution in [2.45, 2.75) is 6.18 Å². The summed E-state index contributed by atoms with van der Waals surface area (Å²) in [6.07, 6.45) is -3.64. The number of carbonyl (C=O) groups excluding carboxylic acids is 3. The maximum Gasteiger partial charge on any atom is 0.416 e. The fourth-order valence-corrected chi connectivity index (χ4v) is 2.45. The van der Waals surface area contributed by atoms with Crippen molar-refractivity contribution in [3.63, 3.8) is 0 Å². The molecule has 1 N–H and O–H groups in total. The Morgan fingerprint density at radius 3 is 2.26 bits per heavy atom. The van der Waals surface area contributed by atoms with E-state index in [0.29, 0.717) is 4.90 Å². The summed E-state index contributed by atoms with van der Waals surface area (Å²) in [4.78, 5) is 37.2. The van der Waals surface area contributed by atoms with Crippen LogP contribution < -0.4 is 10.2 Å². The molecule has 0 atom stereocenters. The molecule has 1 saturated heterocycles. The number of nitrogens with one attached hydrogen (secondary N) is 1. The number of rotatable bonds is 2. The van der Waals surface area contributed by atoms with Crippen LogP contribution in [0.5, 0.6) is 0 Å². The smallest absolute Gasteiger partial charge is 0.273 e. The second-order valence-electron chi connectivity index (χ2n) is 5.56. The largest absolute Gasteiger partial charge is 0.416 e. The van der Waals surface area contributed by atoms with Gasteiger partial charge in [-0.25, -0.2) is 14.1 Å². The van der Waals surface area contributed by atoms with E-state index in [4.69, 9.17) is 0 Å². The van der Waals surface area contributed by atoms with E-state index in [1.165, 1.54) is 6.07 Å². The Kier molecular flexibility index (Phi) is 4.52. The number of imide groups is 2. The van der Waals surface area contributed by atoms with Crippen molar-refractivity contribution >= 4 is 29.6 Å². The van der Waals surface area contributed by atoms with Crippen LogP contribution in [0.15, 0.2) is 54.1 Å². The van der Waals surface area contributed by atoms with Gasteiger partial charge in [0.05, 0.1) is 11.3 Å². The molecule has 27 heavy (non-hydrogen) atoms. The summed E-state index contributed by atoms with van der Waals surface area (Å²) in [6, 6.07) is 7.33. The molecule has 1 aliphatic rings. The molecule has 5 nitrogen and oxygen atoms in total. The van der Waals surface area contributed by atoms with Crippen LogP contribution in [0.3, 0.4) is 0 Å². The van der Waals surface area contributed by atoms with Gasteiger partial charge in [-0.3, -0.25) is 14.9 Å². The molecular weight excluding hydrogens is 368 g/mol. The Labute approximate surface area is 149 Å². The first-order valence-corrected chi connectivity index (χ1v) is 7.51. The van der Waals surface area contributed by atoms with Gasteiger partial charge in [-0.2, -0.15) is 13.2 Å². The normalized spacial score (nSPS) is 16.7. The minimum absolute atomic E-state index is 0.00124. The number of carbonyl (C=O) groups is 3. The lowest BCUT2D eigenvalue weighted by Gasteiger charge is -2.26.